The minimum atomic E-state index is -0.963. The second kappa shape index (κ2) is 18.7. The van der Waals surface area contributed by atoms with Crippen LogP contribution < -0.4 is 9.47 Å². The van der Waals surface area contributed by atoms with Gasteiger partial charge in [-0.25, -0.2) is 9.59 Å². The molecule has 0 saturated heterocycles. The number of carboxylic acids is 2. The molecule has 10 heteroatoms. The van der Waals surface area contributed by atoms with E-state index in [4.69, 9.17) is 18.9 Å². The third kappa shape index (κ3) is 10.7. The Bertz CT molecular complexity index is 1690. The first-order valence-electron chi connectivity index (χ1n) is 17.4. The van der Waals surface area contributed by atoms with Crippen LogP contribution in [0.1, 0.15) is 60.1 Å². The van der Waals surface area contributed by atoms with Gasteiger partial charge in [0.05, 0.1) is 22.2 Å². The molecular formula is C41H44Br2O8. The number of aryl methyl sites for hydroxylation is 2. The maximum absolute atomic E-state index is 11.4. The van der Waals surface area contributed by atoms with Gasteiger partial charge in [0.15, 0.2) is 12.2 Å². The topological polar surface area (TPSA) is 112 Å². The van der Waals surface area contributed by atoms with Gasteiger partial charge in [0.1, 0.15) is 11.5 Å². The molecule has 8 nitrogen and oxygen atoms in total. The first-order valence-corrected chi connectivity index (χ1v) is 19.0. The van der Waals surface area contributed by atoms with Crippen LogP contribution >= 0.6 is 31.9 Å². The molecule has 0 radical (unpaired) electrons. The molecule has 2 N–H and O–H groups in total. The predicted molar refractivity (Wildman–Crippen MR) is 204 cm³/mol. The lowest BCUT2D eigenvalue weighted by atomic mass is 10.00. The third-order valence-electron chi connectivity index (χ3n) is 8.87. The molecule has 4 aromatic carbocycles. The van der Waals surface area contributed by atoms with E-state index >= 15 is 0 Å². The Hall–Kier alpha value is -3.70. The van der Waals surface area contributed by atoms with Crippen molar-refractivity contribution in [1.29, 1.82) is 0 Å². The Morgan fingerprint density at radius 2 is 1.04 bits per heavy atom. The molecule has 1 aliphatic rings. The molecular weight excluding hydrogens is 780 g/mol. The molecule has 0 bridgehead atoms. The lowest BCUT2D eigenvalue weighted by Gasteiger charge is -2.14. The number of fused-ring (bicyclic) bond motifs is 3. The molecule has 5 rings (SSSR count). The smallest absolute Gasteiger partial charge is 0.333 e. The van der Waals surface area contributed by atoms with Crippen molar-refractivity contribution in [2.24, 2.45) is 0 Å². The predicted octanol–water partition coefficient (Wildman–Crippen LogP) is 8.87. The summed E-state index contributed by atoms with van der Waals surface area (Å²) in [6, 6.07) is 24.9. The van der Waals surface area contributed by atoms with Gasteiger partial charge in [-0.1, -0.05) is 48.5 Å². The number of rotatable bonds is 20. The van der Waals surface area contributed by atoms with Crippen LogP contribution in [0.15, 0.2) is 81.7 Å². The van der Waals surface area contributed by atoms with E-state index in [1.807, 2.05) is 36.4 Å². The largest absolute Gasteiger partial charge is 0.492 e. The van der Waals surface area contributed by atoms with Gasteiger partial charge in [-0.15, -0.1) is 0 Å². The second-order valence-electron chi connectivity index (χ2n) is 12.6. The number of hydrogen-bond donors (Lipinski definition) is 2. The van der Waals surface area contributed by atoms with Crippen LogP contribution in [0, 0.1) is 0 Å². The van der Waals surface area contributed by atoms with E-state index in [9.17, 15) is 19.8 Å². The molecule has 1 unspecified atom stereocenters. The highest BCUT2D eigenvalue weighted by Gasteiger charge is 2.21. The lowest BCUT2D eigenvalue weighted by molar-refractivity contribution is -0.150. The highest BCUT2D eigenvalue weighted by Crippen LogP contribution is 2.38. The minimum absolute atomic E-state index is 0.298. The summed E-state index contributed by atoms with van der Waals surface area (Å²) in [5.74, 6) is -0.451. The summed E-state index contributed by atoms with van der Waals surface area (Å²) < 4.78 is 24.4. The fourth-order valence-electron chi connectivity index (χ4n) is 6.39. The molecule has 4 aromatic rings. The molecule has 0 amide bonds. The summed E-state index contributed by atoms with van der Waals surface area (Å²) in [7, 11) is 0. The first kappa shape index (κ1) is 38.5. The number of ether oxygens (including phenoxy) is 4. The fraction of sp³-hybridized carbons (Fsp3) is 0.366. The normalized spacial score (nSPS) is 12.9. The van der Waals surface area contributed by atoms with E-state index in [1.54, 1.807) is 13.8 Å². The number of benzene rings is 4. The van der Waals surface area contributed by atoms with Crippen LogP contribution in [0.4, 0.5) is 0 Å². The van der Waals surface area contributed by atoms with Gasteiger partial charge in [0, 0.05) is 26.1 Å². The first-order chi connectivity index (χ1) is 24.6. The van der Waals surface area contributed by atoms with Gasteiger partial charge in [-0.05, 0) is 147 Å². The van der Waals surface area contributed by atoms with Crippen LogP contribution in [0.25, 0.3) is 11.1 Å². The Kier molecular flexibility index (Phi) is 14.1. The Balaban J connectivity index is 1.06. The van der Waals surface area contributed by atoms with Crippen molar-refractivity contribution >= 4 is 43.8 Å². The average Bonchev–Trinajstić information content (AvgIpc) is 3.46. The zero-order valence-corrected chi connectivity index (χ0v) is 32.1. The molecule has 0 aliphatic heterocycles. The summed E-state index contributed by atoms with van der Waals surface area (Å²) in [4.78, 5) is 22.9. The fourth-order valence-corrected chi connectivity index (χ4v) is 7.47. The summed E-state index contributed by atoms with van der Waals surface area (Å²) in [6.07, 6.45) is 3.36. The van der Waals surface area contributed by atoms with E-state index in [-0.39, 0.29) is 0 Å². The molecule has 0 fully saturated rings. The molecule has 51 heavy (non-hydrogen) atoms. The quantitative estimate of drug-likeness (QED) is 0.0750. The van der Waals surface area contributed by atoms with Crippen LogP contribution in [-0.2, 0) is 51.2 Å². The maximum Gasteiger partial charge on any atom is 0.333 e. The van der Waals surface area contributed by atoms with E-state index in [2.05, 4.69) is 68.3 Å². The summed E-state index contributed by atoms with van der Waals surface area (Å²) in [5.41, 5.74) is 9.67. The number of halogens is 2. The SMILES string of the molecule is CCOC(Cc1ccc(OCCCc2ccc3c(c2)Cc2cc(CCCOc4ccc(C[C@H](OCC)C(=O)O)cc4Br)ccc2-3)c(Br)c1)C(=O)O. The molecule has 2 atom stereocenters. The standard InChI is InChI=1S/C41H44Br2O8/c1-3-48-38(40(44)45)23-28-11-15-36(34(42)21-28)50-17-5-7-26-9-13-32-30(19-26)25-31-20-27(10-14-33(31)32)8-6-18-51-37-16-12-29(22-35(37)43)24-39(41(46)47)49-4-2/h9-16,19-22,38-39H,3-8,17-18,23-25H2,1-2H3,(H,44,45)(H,46,47)/t38-,39?/m0/s1. The molecule has 0 saturated carbocycles. The zero-order chi connectivity index (χ0) is 36.3. The van der Waals surface area contributed by atoms with Gasteiger partial charge in [0.2, 0.25) is 0 Å². The van der Waals surface area contributed by atoms with E-state index in [1.165, 1.54) is 33.4 Å². The average molecular weight is 825 g/mol. The number of carboxylic acid groups (broad SMARTS) is 2. The molecule has 0 spiro atoms. The van der Waals surface area contributed by atoms with Crippen molar-refractivity contribution in [1.82, 2.24) is 0 Å². The minimum Gasteiger partial charge on any atom is -0.492 e. The zero-order valence-electron chi connectivity index (χ0n) is 29.0. The highest BCUT2D eigenvalue weighted by molar-refractivity contribution is 9.10. The van der Waals surface area contributed by atoms with Crippen LogP contribution in [0.2, 0.25) is 0 Å². The van der Waals surface area contributed by atoms with Gasteiger partial charge < -0.3 is 29.2 Å². The van der Waals surface area contributed by atoms with Crippen LogP contribution in [0.3, 0.4) is 0 Å². The Labute approximate surface area is 316 Å². The van der Waals surface area contributed by atoms with Gasteiger partial charge >= 0.3 is 11.9 Å². The third-order valence-corrected chi connectivity index (χ3v) is 10.1. The summed E-state index contributed by atoms with van der Waals surface area (Å²) in [5, 5.41) is 18.7. The van der Waals surface area contributed by atoms with Gasteiger partial charge in [-0.2, -0.15) is 0 Å². The van der Waals surface area contributed by atoms with E-state index in [0.717, 1.165) is 63.7 Å². The van der Waals surface area contributed by atoms with Crippen molar-refractivity contribution < 1.29 is 38.7 Å². The second-order valence-corrected chi connectivity index (χ2v) is 14.3. The molecule has 0 heterocycles. The molecule has 0 aromatic heterocycles. The van der Waals surface area contributed by atoms with Crippen LogP contribution in [0.5, 0.6) is 11.5 Å². The summed E-state index contributed by atoms with van der Waals surface area (Å²) in [6.45, 7) is 5.43. The maximum atomic E-state index is 11.4. The number of carbonyl (C=O) groups is 2. The van der Waals surface area contributed by atoms with E-state index in [0.29, 0.717) is 39.3 Å². The van der Waals surface area contributed by atoms with Crippen molar-refractivity contribution in [3.05, 3.63) is 115 Å². The van der Waals surface area contributed by atoms with Crippen molar-refractivity contribution in [3.63, 3.8) is 0 Å². The van der Waals surface area contributed by atoms with Crippen molar-refractivity contribution in [3.8, 4) is 22.6 Å². The van der Waals surface area contributed by atoms with Crippen molar-refractivity contribution in [2.75, 3.05) is 26.4 Å². The summed E-state index contributed by atoms with van der Waals surface area (Å²) >= 11 is 7.14. The molecule has 1 aliphatic carbocycles. The van der Waals surface area contributed by atoms with Crippen LogP contribution in [-0.4, -0.2) is 60.8 Å². The van der Waals surface area contributed by atoms with Gasteiger partial charge in [0.25, 0.3) is 0 Å². The Morgan fingerprint density at radius 1 is 0.627 bits per heavy atom. The monoisotopic (exact) mass is 822 g/mol. The highest BCUT2D eigenvalue weighted by atomic mass is 79.9. The van der Waals surface area contributed by atoms with Gasteiger partial charge in [-0.3, -0.25) is 0 Å². The number of hydrogen-bond acceptors (Lipinski definition) is 6. The lowest BCUT2D eigenvalue weighted by Crippen LogP contribution is -2.26. The van der Waals surface area contributed by atoms with Crippen molar-refractivity contribution in [2.45, 2.75) is 71.0 Å². The Morgan fingerprint density at radius 3 is 1.41 bits per heavy atom. The number of aliphatic carboxylic acids is 2. The molecule has 270 valence electrons. The van der Waals surface area contributed by atoms with E-state index < -0.39 is 24.1 Å².